The van der Waals surface area contributed by atoms with Crippen molar-refractivity contribution in [3.63, 3.8) is 0 Å². The van der Waals surface area contributed by atoms with E-state index in [1.165, 1.54) is 0 Å². The number of rotatable bonds is 4. The van der Waals surface area contributed by atoms with Crippen LogP contribution in [0.25, 0.3) is 10.8 Å². The van der Waals surface area contributed by atoms with Crippen LogP contribution in [0.15, 0.2) is 36.4 Å². The molecule has 2 aromatic rings. The SMILES string of the molecule is CC(C)OC(=O)Nc1cccc2c(NC(=O)OC(C)C)cccc12. The molecule has 0 spiro atoms. The number of ether oxygens (including phenoxy) is 2. The zero-order chi connectivity index (χ0) is 17.7. The third-order valence-electron chi connectivity index (χ3n) is 3.08. The fourth-order valence-electron chi connectivity index (χ4n) is 2.23. The molecule has 0 bridgehead atoms. The molecule has 0 heterocycles. The van der Waals surface area contributed by atoms with Gasteiger partial charge in [0, 0.05) is 10.8 Å². The average Bonchev–Trinajstić information content (AvgIpc) is 2.46. The molecule has 24 heavy (non-hydrogen) atoms. The lowest BCUT2D eigenvalue weighted by Gasteiger charge is -2.14. The minimum Gasteiger partial charge on any atom is -0.447 e. The van der Waals surface area contributed by atoms with E-state index >= 15 is 0 Å². The monoisotopic (exact) mass is 330 g/mol. The predicted molar refractivity (Wildman–Crippen MR) is 94.4 cm³/mol. The Kier molecular flexibility index (Phi) is 5.63. The summed E-state index contributed by atoms with van der Waals surface area (Å²) in [6, 6.07) is 10.9. The first-order valence-electron chi connectivity index (χ1n) is 7.84. The van der Waals surface area contributed by atoms with E-state index in [0.717, 1.165) is 10.8 Å². The Labute approximate surface area is 141 Å². The molecule has 0 aromatic heterocycles. The highest BCUT2D eigenvalue weighted by molar-refractivity contribution is 6.07. The fourth-order valence-corrected chi connectivity index (χ4v) is 2.23. The number of benzene rings is 2. The number of hydrogen-bond acceptors (Lipinski definition) is 4. The van der Waals surface area contributed by atoms with Gasteiger partial charge in [0.15, 0.2) is 0 Å². The van der Waals surface area contributed by atoms with Gasteiger partial charge in [-0.25, -0.2) is 9.59 Å². The van der Waals surface area contributed by atoms with Gasteiger partial charge in [0.05, 0.1) is 23.6 Å². The van der Waals surface area contributed by atoms with Crippen molar-refractivity contribution in [2.45, 2.75) is 39.9 Å². The Morgan fingerprint density at radius 1 is 0.750 bits per heavy atom. The average molecular weight is 330 g/mol. The topological polar surface area (TPSA) is 76.7 Å². The van der Waals surface area contributed by atoms with Gasteiger partial charge in [-0.15, -0.1) is 0 Å². The van der Waals surface area contributed by atoms with Crippen molar-refractivity contribution in [2.75, 3.05) is 10.6 Å². The quantitative estimate of drug-likeness (QED) is 0.848. The van der Waals surface area contributed by atoms with Crippen LogP contribution in [0.2, 0.25) is 0 Å². The van der Waals surface area contributed by atoms with Gasteiger partial charge in [0.1, 0.15) is 0 Å². The molecule has 6 nitrogen and oxygen atoms in total. The summed E-state index contributed by atoms with van der Waals surface area (Å²) < 4.78 is 10.2. The van der Waals surface area contributed by atoms with Crippen LogP contribution in [0.4, 0.5) is 21.0 Å². The second-order valence-electron chi connectivity index (χ2n) is 5.86. The Morgan fingerprint density at radius 2 is 1.12 bits per heavy atom. The van der Waals surface area contributed by atoms with Crippen LogP contribution in [-0.4, -0.2) is 24.4 Å². The molecule has 0 unspecified atom stereocenters. The van der Waals surface area contributed by atoms with Crippen LogP contribution >= 0.6 is 0 Å². The summed E-state index contributed by atoms with van der Waals surface area (Å²) in [5.74, 6) is 0. The molecule has 128 valence electrons. The first-order chi connectivity index (χ1) is 11.4. The molecule has 0 aliphatic heterocycles. The zero-order valence-electron chi connectivity index (χ0n) is 14.3. The number of nitrogens with one attached hydrogen (secondary N) is 2. The van der Waals surface area contributed by atoms with E-state index in [1.807, 2.05) is 12.1 Å². The molecule has 2 rings (SSSR count). The molecule has 0 saturated carbocycles. The Morgan fingerprint density at radius 3 is 1.46 bits per heavy atom. The van der Waals surface area contributed by atoms with Crippen LogP contribution in [0.1, 0.15) is 27.7 Å². The minimum absolute atomic E-state index is 0.206. The van der Waals surface area contributed by atoms with Crippen molar-refractivity contribution in [3.05, 3.63) is 36.4 Å². The van der Waals surface area contributed by atoms with Gasteiger partial charge >= 0.3 is 12.2 Å². The van der Waals surface area contributed by atoms with E-state index in [0.29, 0.717) is 11.4 Å². The minimum atomic E-state index is -0.518. The van der Waals surface area contributed by atoms with Crippen LogP contribution in [0.5, 0.6) is 0 Å². The maximum absolute atomic E-state index is 11.8. The molecular formula is C18H22N2O4. The number of anilines is 2. The first kappa shape index (κ1) is 17.6. The lowest BCUT2D eigenvalue weighted by Crippen LogP contribution is -2.19. The molecular weight excluding hydrogens is 308 g/mol. The lowest BCUT2D eigenvalue weighted by atomic mass is 10.1. The smallest absolute Gasteiger partial charge is 0.411 e. The highest BCUT2D eigenvalue weighted by Gasteiger charge is 2.12. The molecule has 0 aliphatic carbocycles. The van der Waals surface area contributed by atoms with Crippen molar-refractivity contribution >= 4 is 34.3 Å². The van der Waals surface area contributed by atoms with Crippen LogP contribution in [0.3, 0.4) is 0 Å². The van der Waals surface area contributed by atoms with Gasteiger partial charge in [0.2, 0.25) is 0 Å². The van der Waals surface area contributed by atoms with Crippen molar-refractivity contribution in [3.8, 4) is 0 Å². The fraction of sp³-hybridized carbons (Fsp3) is 0.333. The molecule has 0 fully saturated rings. The number of fused-ring (bicyclic) bond motifs is 1. The van der Waals surface area contributed by atoms with Crippen molar-refractivity contribution in [1.29, 1.82) is 0 Å². The maximum atomic E-state index is 11.8. The number of carbonyl (C=O) groups is 2. The predicted octanol–water partition coefficient (Wildman–Crippen LogP) is 4.75. The van der Waals surface area contributed by atoms with Gasteiger partial charge in [-0.1, -0.05) is 24.3 Å². The van der Waals surface area contributed by atoms with Gasteiger partial charge in [-0.3, -0.25) is 10.6 Å². The third kappa shape index (κ3) is 4.62. The van der Waals surface area contributed by atoms with Gasteiger partial charge < -0.3 is 9.47 Å². The van der Waals surface area contributed by atoms with E-state index in [2.05, 4.69) is 10.6 Å². The number of hydrogen-bond donors (Lipinski definition) is 2. The Hall–Kier alpha value is -2.76. The largest absolute Gasteiger partial charge is 0.447 e. The number of carbonyl (C=O) groups excluding carboxylic acids is 2. The van der Waals surface area contributed by atoms with Crippen molar-refractivity contribution in [2.24, 2.45) is 0 Å². The summed E-state index contributed by atoms with van der Waals surface area (Å²) in [4.78, 5) is 23.7. The van der Waals surface area contributed by atoms with E-state index in [1.54, 1.807) is 52.0 Å². The lowest BCUT2D eigenvalue weighted by molar-refractivity contribution is 0.129. The first-order valence-corrected chi connectivity index (χ1v) is 7.84. The van der Waals surface area contributed by atoms with Crippen LogP contribution < -0.4 is 10.6 Å². The highest BCUT2D eigenvalue weighted by Crippen LogP contribution is 2.29. The van der Waals surface area contributed by atoms with Crippen LogP contribution in [0, 0.1) is 0 Å². The van der Waals surface area contributed by atoms with Gasteiger partial charge in [0.25, 0.3) is 0 Å². The van der Waals surface area contributed by atoms with E-state index in [4.69, 9.17) is 9.47 Å². The Balaban J connectivity index is 2.29. The second kappa shape index (κ2) is 7.68. The molecule has 2 aromatic carbocycles. The summed E-state index contributed by atoms with van der Waals surface area (Å²) >= 11 is 0. The van der Waals surface area contributed by atoms with Gasteiger partial charge in [-0.05, 0) is 39.8 Å². The summed E-state index contributed by atoms with van der Waals surface area (Å²) in [6.07, 6.45) is -1.45. The molecule has 0 radical (unpaired) electrons. The normalized spacial score (nSPS) is 10.8. The molecule has 0 saturated heterocycles. The molecule has 2 amide bonds. The van der Waals surface area contributed by atoms with E-state index in [-0.39, 0.29) is 12.2 Å². The standard InChI is InChI=1S/C18H22N2O4/c1-11(2)23-17(21)19-15-9-5-8-14-13(15)7-6-10-16(14)20-18(22)24-12(3)4/h5-12H,1-4H3,(H,19,21)(H,20,22). The molecule has 0 aliphatic rings. The number of amides is 2. The summed E-state index contributed by atoms with van der Waals surface area (Å²) in [5.41, 5.74) is 1.22. The van der Waals surface area contributed by atoms with E-state index < -0.39 is 12.2 Å². The molecule has 0 atom stereocenters. The van der Waals surface area contributed by atoms with Gasteiger partial charge in [-0.2, -0.15) is 0 Å². The maximum Gasteiger partial charge on any atom is 0.411 e. The summed E-state index contributed by atoms with van der Waals surface area (Å²) in [7, 11) is 0. The molecule has 6 heteroatoms. The van der Waals surface area contributed by atoms with Crippen molar-refractivity contribution < 1.29 is 19.1 Å². The van der Waals surface area contributed by atoms with E-state index in [9.17, 15) is 9.59 Å². The van der Waals surface area contributed by atoms with Crippen LogP contribution in [-0.2, 0) is 9.47 Å². The third-order valence-corrected chi connectivity index (χ3v) is 3.08. The highest BCUT2D eigenvalue weighted by atomic mass is 16.6. The second-order valence-corrected chi connectivity index (χ2v) is 5.86. The Bertz CT molecular complexity index is 678. The summed E-state index contributed by atoms with van der Waals surface area (Å²) in [6.45, 7) is 7.13. The summed E-state index contributed by atoms with van der Waals surface area (Å²) in [5, 5.41) is 7.03. The zero-order valence-corrected chi connectivity index (χ0v) is 14.3. The van der Waals surface area contributed by atoms with Crippen molar-refractivity contribution in [1.82, 2.24) is 0 Å². The molecule has 2 N–H and O–H groups in total.